The Kier molecular flexibility index (Phi) is 7.44. The molecule has 1 aliphatic heterocycles. The highest BCUT2D eigenvalue weighted by atomic mass is 35.5. The van der Waals surface area contributed by atoms with Gasteiger partial charge < -0.3 is 14.5 Å². The quantitative estimate of drug-likeness (QED) is 0.523. The summed E-state index contributed by atoms with van der Waals surface area (Å²) in [6.07, 6.45) is 7.71. The summed E-state index contributed by atoms with van der Waals surface area (Å²) < 4.78 is 5.36. The molecule has 0 radical (unpaired) electrons. The molecule has 0 saturated heterocycles. The van der Waals surface area contributed by atoms with E-state index in [0.717, 1.165) is 29.9 Å². The summed E-state index contributed by atoms with van der Waals surface area (Å²) in [6, 6.07) is 3.69. The second-order valence-electron chi connectivity index (χ2n) is 7.56. The zero-order valence-electron chi connectivity index (χ0n) is 17.1. The molecule has 0 spiro atoms. The summed E-state index contributed by atoms with van der Waals surface area (Å²) in [5, 5.41) is 0.444. The number of aliphatic imine (C=N–C) groups is 1. The van der Waals surface area contributed by atoms with Crippen LogP contribution in [-0.2, 0) is 4.74 Å². The van der Waals surface area contributed by atoms with Crippen LogP contribution in [0.5, 0.6) is 0 Å². The molecule has 2 rings (SSSR count). The van der Waals surface area contributed by atoms with Crippen LogP contribution in [0.4, 0.5) is 4.79 Å². The largest absolute Gasteiger partial charge is 0.444 e. The van der Waals surface area contributed by atoms with Crippen LogP contribution >= 0.6 is 11.6 Å². The maximum absolute atomic E-state index is 12.0. The molecule has 2 heterocycles. The third-order valence-corrected chi connectivity index (χ3v) is 4.12. The van der Waals surface area contributed by atoms with Crippen molar-refractivity contribution in [3.63, 3.8) is 0 Å². The first-order valence-corrected chi connectivity index (χ1v) is 9.52. The summed E-state index contributed by atoms with van der Waals surface area (Å²) in [5.74, 6) is 0.728. The van der Waals surface area contributed by atoms with E-state index in [2.05, 4.69) is 15.7 Å². The van der Waals surface area contributed by atoms with Gasteiger partial charge in [-0.2, -0.15) is 0 Å². The topological polar surface area (TPSA) is 58.0 Å². The van der Waals surface area contributed by atoms with Crippen molar-refractivity contribution in [1.29, 1.82) is 0 Å². The molecule has 0 aromatic carbocycles. The first kappa shape index (κ1) is 21.7. The van der Waals surface area contributed by atoms with Crippen LogP contribution in [0.25, 0.3) is 5.57 Å². The Labute approximate surface area is 171 Å². The number of nitrogens with zero attached hydrogens (tertiary/aromatic N) is 4. The van der Waals surface area contributed by atoms with Gasteiger partial charge >= 0.3 is 6.09 Å². The van der Waals surface area contributed by atoms with Crippen molar-refractivity contribution in [2.45, 2.75) is 32.8 Å². The van der Waals surface area contributed by atoms with Gasteiger partial charge in [-0.1, -0.05) is 17.3 Å². The minimum atomic E-state index is -0.490. The van der Waals surface area contributed by atoms with Crippen LogP contribution in [0.2, 0.25) is 5.15 Å². The van der Waals surface area contributed by atoms with E-state index in [1.54, 1.807) is 30.4 Å². The van der Waals surface area contributed by atoms with Gasteiger partial charge in [0.05, 0.1) is 0 Å². The van der Waals surface area contributed by atoms with Gasteiger partial charge in [0.15, 0.2) is 5.82 Å². The number of aromatic nitrogens is 1. The zero-order chi connectivity index (χ0) is 20.7. The van der Waals surface area contributed by atoms with E-state index in [9.17, 15) is 4.79 Å². The average Bonchev–Trinajstić information content (AvgIpc) is 2.86. The number of carbonyl (C=O) groups excluding carboxylic acids is 1. The van der Waals surface area contributed by atoms with E-state index >= 15 is 0 Å². The summed E-state index contributed by atoms with van der Waals surface area (Å²) in [7, 11) is 3.70. The van der Waals surface area contributed by atoms with Crippen molar-refractivity contribution in [2.75, 3.05) is 27.2 Å². The van der Waals surface area contributed by atoms with E-state index in [1.165, 1.54) is 0 Å². The smallest absolute Gasteiger partial charge is 0.410 e. The second-order valence-corrected chi connectivity index (χ2v) is 7.95. The van der Waals surface area contributed by atoms with Crippen LogP contribution in [0.15, 0.2) is 47.0 Å². The highest BCUT2D eigenvalue weighted by molar-refractivity contribution is 6.29. The fourth-order valence-electron chi connectivity index (χ4n) is 2.46. The number of pyridine rings is 1. The van der Waals surface area contributed by atoms with E-state index in [0.29, 0.717) is 11.7 Å². The van der Waals surface area contributed by atoms with Crippen molar-refractivity contribution in [3.05, 3.63) is 52.8 Å². The van der Waals surface area contributed by atoms with Gasteiger partial charge in [-0.15, -0.1) is 0 Å². The molecule has 28 heavy (non-hydrogen) atoms. The number of carbonyl (C=O) groups is 1. The summed E-state index contributed by atoms with van der Waals surface area (Å²) >= 11 is 5.97. The number of hydrogen-bond acceptors (Lipinski definition) is 5. The number of amides is 1. The van der Waals surface area contributed by atoms with Crippen molar-refractivity contribution in [1.82, 2.24) is 14.8 Å². The Morgan fingerprint density at radius 1 is 1.29 bits per heavy atom. The lowest BCUT2D eigenvalue weighted by molar-refractivity contribution is 0.0295. The van der Waals surface area contributed by atoms with Gasteiger partial charge in [-0.25, -0.2) is 14.8 Å². The molecule has 7 heteroatoms. The normalized spacial score (nSPS) is 13.5. The lowest BCUT2D eigenvalue weighted by atomic mass is 10.1. The Hall–Kier alpha value is -2.56. The van der Waals surface area contributed by atoms with Crippen LogP contribution in [-0.4, -0.2) is 59.9 Å². The predicted molar refractivity (Wildman–Crippen MR) is 113 cm³/mol. The van der Waals surface area contributed by atoms with Gasteiger partial charge in [0.25, 0.3) is 0 Å². The molecular formula is C21H27ClN4O2. The Morgan fingerprint density at radius 3 is 2.71 bits per heavy atom. The Morgan fingerprint density at radius 2 is 2.04 bits per heavy atom. The van der Waals surface area contributed by atoms with Gasteiger partial charge in [-0.05, 0) is 57.0 Å². The van der Waals surface area contributed by atoms with Gasteiger partial charge in [-0.3, -0.25) is 0 Å². The SMILES string of the molecule is CN(CCCN(C)C1=C=CC=C(c2ccnc(Cl)c2)C=N1)C(=O)OC(C)(C)C. The number of halogens is 1. The molecule has 1 aromatic heterocycles. The van der Waals surface area contributed by atoms with Crippen molar-refractivity contribution < 1.29 is 9.53 Å². The lowest BCUT2D eigenvalue weighted by Crippen LogP contribution is -2.35. The van der Waals surface area contributed by atoms with E-state index in [4.69, 9.17) is 16.3 Å². The number of ether oxygens (including phenoxy) is 1. The average molecular weight is 403 g/mol. The molecular weight excluding hydrogens is 376 g/mol. The van der Waals surface area contributed by atoms with E-state index in [-0.39, 0.29) is 6.09 Å². The van der Waals surface area contributed by atoms with Crippen molar-refractivity contribution >= 4 is 29.5 Å². The molecule has 0 N–H and O–H groups in total. The summed E-state index contributed by atoms with van der Waals surface area (Å²) in [6.45, 7) is 6.91. The number of rotatable bonds is 6. The van der Waals surface area contributed by atoms with Crippen molar-refractivity contribution in [3.8, 4) is 0 Å². The van der Waals surface area contributed by atoms with Crippen LogP contribution in [0, 0.1) is 0 Å². The number of allylic oxidation sites excluding steroid dienone is 3. The Bertz CT molecular complexity index is 833. The molecule has 0 aliphatic carbocycles. The van der Waals surface area contributed by atoms with Crippen LogP contribution in [0.1, 0.15) is 32.8 Å². The minimum Gasteiger partial charge on any atom is -0.444 e. The molecule has 1 aliphatic rings. The third-order valence-electron chi connectivity index (χ3n) is 3.91. The minimum absolute atomic E-state index is 0.313. The lowest BCUT2D eigenvalue weighted by Gasteiger charge is -2.25. The predicted octanol–water partition coefficient (Wildman–Crippen LogP) is 4.39. The molecule has 1 aromatic rings. The zero-order valence-corrected chi connectivity index (χ0v) is 17.8. The fourth-order valence-corrected chi connectivity index (χ4v) is 2.63. The molecule has 1 amide bonds. The van der Waals surface area contributed by atoms with E-state index < -0.39 is 5.60 Å². The molecule has 0 atom stereocenters. The van der Waals surface area contributed by atoms with Gasteiger partial charge in [0.1, 0.15) is 10.8 Å². The summed E-state index contributed by atoms with van der Waals surface area (Å²) in [5.41, 5.74) is 4.57. The third kappa shape index (κ3) is 6.87. The standard InChI is InChI=1S/C21H27ClN4O2/c1-21(2,3)28-20(27)26(5)13-7-12-25(4)19-9-6-8-17(15-24-19)16-10-11-23-18(22)14-16/h6,8,10-11,14-15H,7,12-13H2,1-5H3. The molecule has 0 saturated carbocycles. The van der Waals surface area contributed by atoms with Crippen molar-refractivity contribution in [2.24, 2.45) is 4.99 Å². The number of hydrogen-bond donors (Lipinski definition) is 0. The fraction of sp³-hybridized carbons (Fsp3) is 0.429. The van der Waals surface area contributed by atoms with Gasteiger partial charge in [0.2, 0.25) is 0 Å². The molecule has 0 unspecified atom stereocenters. The maximum atomic E-state index is 12.0. The highest BCUT2D eigenvalue weighted by Gasteiger charge is 2.19. The van der Waals surface area contributed by atoms with E-state index in [1.807, 2.05) is 50.9 Å². The summed E-state index contributed by atoms with van der Waals surface area (Å²) in [4.78, 5) is 24.1. The Balaban J connectivity index is 1.87. The van der Waals surface area contributed by atoms with Crippen LogP contribution < -0.4 is 0 Å². The first-order chi connectivity index (χ1) is 13.2. The van der Waals surface area contributed by atoms with Gasteiger partial charge in [0, 0.05) is 45.2 Å². The van der Waals surface area contributed by atoms with Crippen LogP contribution in [0.3, 0.4) is 0 Å². The molecule has 0 bridgehead atoms. The second kappa shape index (κ2) is 9.58. The molecule has 150 valence electrons. The first-order valence-electron chi connectivity index (χ1n) is 9.14. The molecule has 0 fully saturated rings. The molecule has 6 nitrogen and oxygen atoms in total. The maximum Gasteiger partial charge on any atom is 0.410 e. The monoisotopic (exact) mass is 402 g/mol. The highest BCUT2D eigenvalue weighted by Crippen LogP contribution is 2.18.